The van der Waals surface area contributed by atoms with E-state index in [1.165, 1.54) is 57.8 Å². The molecule has 0 bridgehead atoms. The van der Waals surface area contributed by atoms with E-state index in [2.05, 4.69) is 47.3 Å². The summed E-state index contributed by atoms with van der Waals surface area (Å²) in [5.41, 5.74) is 0. The lowest BCUT2D eigenvalue weighted by Crippen LogP contribution is -2.18. The zero-order valence-electron chi connectivity index (χ0n) is 15.0. The molecular formula is C20H40. The third-order valence-corrected chi connectivity index (χ3v) is 5.15. The molecule has 4 unspecified atom stereocenters. The summed E-state index contributed by atoms with van der Waals surface area (Å²) in [4.78, 5) is 0. The van der Waals surface area contributed by atoms with Crippen molar-refractivity contribution in [2.45, 2.75) is 92.4 Å². The van der Waals surface area contributed by atoms with Gasteiger partial charge in [0.2, 0.25) is 0 Å². The van der Waals surface area contributed by atoms with E-state index in [9.17, 15) is 0 Å². The van der Waals surface area contributed by atoms with Gasteiger partial charge in [0.05, 0.1) is 0 Å². The van der Waals surface area contributed by atoms with Crippen LogP contribution in [-0.4, -0.2) is 0 Å². The van der Waals surface area contributed by atoms with Gasteiger partial charge in [-0.15, -0.1) is 6.58 Å². The molecule has 0 saturated carbocycles. The smallest absolute Gasteiger partial charge is 0.0351 e. The van der Waals surface area contributed by atoms with Crippen LogP contribution >= 0.6 is 0 Å². The highest BCUT2D eigenvalue weighted by Crippen LogP contribution is 2.32. The van der Waals surface area contributed by atoms with Crippen LogP contribution in [0, 0.1) is 23.7 Å². The number of hydrogen-bond donors (Lipinski definition) is 0. The second kappa shape index (κ2) is 12.5. The first kappa shape index (κ1) is 19.7. The van der Waals surface area contributed by atoms with Crippen molar-refractivity contribution >= 4 is 0 Å². The molecule has 0 N–H and O–H groups in total. The maximum absolute atomic E-state index is 3.85. The standard InChI is InChI=1S/C20H40/c1-7-11-13-17(5)15-20(10-4)18(6)16-19(9-3)14-12-8-2/h7,17-20H,1,8-16H2,2-6H3. The molecule has 0 aliphatic rings. The minimum Gasteiger partial charge on any atom is -0.103 e. The molecule has 0 rings (SSSR count). The van der Waals surface area contributed by atoms with E-state index < -0.39 is 0 Å². The van der Waals surface area contributed by atoms with Gasteiger partial charge >= 0.3 is 0 Å². The Labute approximate surface area is 129 Å². The van der Waals surface area contributed by atoms with Gasteiger partial charge in [-0.05, 0) is 49.4 Å². The van der Waals surface area contributed by atoms with Crippen LogP contribution < -0.4 is 0 Å². The van der Waals surface area contributed by atoms with Crippen molar-refractivity contribution in [1.82, 2.24) is 0 Å². The van der Waals surface area contributed by atoms with E-state index in [-0.39, 0.29) is 0 Å². The molecule has 0 aromatic rings. The SMILES string of the molecule is C=CCCC(C)CC(CC)C(C)CC(CC)CCCC. The molecule has 0 amide bonds. The average Bonchev–Trinajstić information content (AvgIpc) is 2.46. The molecule has 120 valence electrons. The van der Waals surface area contributed by atoms with E-state index in [1.807, 2.05) is 0 Å². The predicted octanol–water partition coefficient (Wildman–Crippen LogP) is 7.25. The minimum absolute atomic E-state index is 0.858. The predicted molar refractivity (Wildman–Crippen MR) is 94.1 cm³/mol. The van der Waals surface area contributed by atoms with Crippen molar-refractivity contribution in [2.24, 2.45) is 23.7 Å². The molecule has 0 aromatic carbocycles. The monoisotopic (exact) mass is 280 g/mol. The molecule has 0 aliphatic heterocycles. The van der Waals surface area contributed by atoms with Crippen LogP contribution in [0.2, 0.25) is 0 Å². The van der Waals surface area contributed by atoms with Gasteiger partial charge in [-0.1, -0.05) is 72.8 Å². The fourth-order valence-corrected chi connectivity index (χ4v) is 3.54. The molecule has 4 atom stereocenters. The van der Waals surface area contributed by atoms with Gasteiger partial charge in [0, 0.05) is 0 Å². The van der Waals surface area contributed by atoms with Crippen molar-refractivity contribution < 1.29 is 0 Å². The van der Waals surface area contributed by atoms with E-state index >= 15 is 0 Å². The Kier molecular flexibility index (Phi) is 12.3. The third kappa shape index (κ3) is 8.82. The second-order valence-electron chi connectivity index (χ2n) is 7.00. The van der Waals surface area contributed by atoms with Gasteiger partial charge in [0.15, 0.2) is 0 Å². The van der Waals surface area contributed by atoms with Gasteiger partial charge in [-0.3, -0.25) is 0 Å². The third-order valence-electron chi connectivity index (χ3n) is 5.15. The lowest BCUT2D eigenvalue weighted by molar-refractivity contribution is 0.226. The van der Waals surface area contributed by atoms with Crippen LogP contribution in [-0.2, 0) is 0 Å². The van der Waals surface area contributed by atoms with Crippen LogP contribution in [0.1, 0.15) is 92.4 Å². The van der Waals surface area contributed by atoms with Crippen molar-refractivity contribution in [2.75, 3.05) is 0 Å². The fraction of sp³-hybridized carbons (Fsp3) is 0.900. The summed E-state index contributed by atoms with van der Waals surface area (Å²) in [6.45, 7) is 15.8. The summed E-state index contributed by atoms with van der Waals surface area (Å²) in [5, 5.41) is 0. The highest BCUT2D eigenvalue weighted by atomic mass is 14.3. The van der Waals surface area contributed by atoms with Gasteiger partial charge in [-0.2, -0.15) is 0 Å². The topological polar surface area (TPSA) is 0 Å². The van der Waals surface area contributed by atoms with Crippen LogP contribution in [0.3, 0.4) is 0 Å². The summed E-state index contributed by atoms with van der Waals surface area (Å²) in [6, 6.07) is 0. The lowest BCUT2D eigenvalue weighted by atomic mass is 9.77. The molecule has 20 heavy (non-hydrogen) atoms. The van der Waals surface area contributed by atoms with E-state index in [4.69, 9.17) is 0 Å². The molecule has 0 heteroatoms. The number of hydrogen-bond acceptors (Lipinski definition) is 0. The average molecular weight is 281 g/mol. The largest absolute Gasteiger partial charge is 0.103 e. The first-order valence-electron chi connectivity index (χ1n) is 9.19. The van der Waals surface area contributed by atoms with Crippen LogP contribution in [0.4, 0.5) is 0 Å². The molecule has 0 fully saturated rings. The van der Waals surface area contributed by atoms with Gasteiger partial charge < -0.3 is 0 Å². The van der Waals surface area contributed by atoms with Crippen LogP contribution in [0.5, 0.6) is 0 Å². The maximum atomic E-state index is 3.85. The van der Waals surface area contributed by atoms with Gasteiger partial charge in [0.1, 0.15) is 0 Å². The Balaban J connectivity index is 4.22. The van der Waals surface area contributed by atoms with Gasteiger partial charge in [0.25, 0.3) is 0 Å². The summed E-state index contributed by atoms with van der Waals surface area (Å²) in [5.74, 6) is 3.64. The molecular weight excluding hydrogens is 240 g/mol. The summed E-state index contributed by atoms with van der Waals surface area (Å²) in [6.07, 6.45) is 14.4. The van der Waals surface area contributed by atoms with Crippen LogP contribution in [0.15, 0.2) is 12.7 Å². The van der Waals surface area contributed by atoms with Crippen molar-refractivity contribution in [3.8, 4) is 0 Å². The Morgan fingerprint density at radius 3 is 2.15 bits per heavy atom. The van der Waals surface area contributed by atoms with E-state index in [0.717, 1.165) is 23.7 Å². The molecule has 0 aliphatic carbocycles. The van der Waals surface area contributed by atoms with E-state index in [0.29, 0.717) is 0 Å². The lowest BCUT2D eigenvalue weighted by Gasteiger charge is -2.28. The van der Waals surface area contributed by atoms with Crippen molar-refractivity contribution in [3.05, 3.63) is 12.7 Å². The quantitative estimate of drug-likeness (QED) is 0.312. The highest BCUT2D eigenvalue weighted by Gasteiger charge is 2.21. The molecule has 0 spiro atoms. The number of rotatable bonds is 13. The Morgan fingerprint density at radius 1 is 0.950 bits per heavy atom. The number of unbranched alkanes of at least 4 members (excludes halogenated alkanes) is 1. The summed E-state index contributed by atoms with van der Waals surface area (Å²) >= 11 is 0. The highest BCUT2D eigenvalue weighted by molar-refractivity contribution is 4.74. The zero-order chi connectivity index (χ0) is 15.4. The first-order valence-corrected chi connectivity index (χ1v) is 9.19. The zero-order valence-corrected chi connectivity index (χ0v) is 15.0. The summed E-state index contributed by atoms with van der Waals surface area (Å²) in [7, 11) is 0. The molecule has 0 radical (unpaired) electrons. The molecule has 0 saturated heterocycles. The van der Waals surface area contributed by atoms with E-state index in [1.54, 1.807) is 0 Å². The Hall–Kier alpha value is -0.260. The Morgan fingerprint density at radius 2 is 1.65 bits per heavy atom. The maximum Gasteiger partial charge on any atom is -0.0351 e. The molecule has 0 nitrogen and oxygen atoms in total. The fourth-order valence-electron chi connectivity index (χ4n) is 3.54. The second-order valence-corrected chi connectivity index (χ2v) is 7.00. The first-order chi connectivity index (χ1) is 9.58. The minimum atomic E-state index is 0.858. The van der Waals surface area contributed by atoms with Crippen LogP contribution in [0.25, 0.3) is 0 Å². The Bertz CT molecular complexity index is 218. The summed E-state index contributed by atoms with van der Waals surface area (Å²) < 4.78 is 0. The molecule has 0 heterocycles. The normalized spacial score (nSPS) is 17.4. The molecule has 0 aromatic heterocycles. The van der Waals surface area contributed by atoms with Crippen molar-refractivity contribution in [3.63, 3.8) is 0 Å². The van der Waals surface area contributed by atoms with Crippen molar-refractivity contribution in [1.29, 1.82) is 0 Å². The van der Waals surface area contributed by atoms with Gasteiger partial charge in [-0.25, -0.2) is 0 Å². The number of allylic oxidation sites excluding steroid dienone is 1.